The number of carbonyl (C=O) groups excluding carboxylic acids is 1. The van der Waals surface area contributed by atoms with Crippen LogP contribution in [0.1, 0.15) is 18.5 Å². The number of nitrogens with one attached hydrogen (secondary N) is 1. The van der Waals surface area contributed by atoms with Crippen LogP contribution in [0, 0.1) is 0 Å². The Morgan fingerprint density at radius 1 is 1.15 bits per heavy atom. The fourth-order valence-electron chi connectivity index (χ4n) is 2.96. The predicted molar refractivity (Wildman–Crippen MR) is 98.6 cm³/mol. The molecule has 1 aliphatic heterocycles. The lowest BCUT2D eigenvalue weighted by Crippen LogP contribution is -2.50. The Labute approximate surface area is 153 Å². The Morgan fingerprint density at radius 3 is 2.58 bits per heavy atom. The predicted octanol–water partition coefficient (Wildman–Crippen LogP) is 1.60. The fourth-order valence-corrected chi connectivity index (χ4v) is 2.96. The number of hydrogen-bond donors (Lipinski definition) is 2. The fraction of sp³-hybridized carbons (Fsp3) is 0.400. The van der Waals surface area contributed by atoms with Gasteiger partial charge < -0.3 is 15.2 Å². The highest BCUT2D eigenvalue weighted by Crippen LogP contribution is 2.23. The summed E-state index contributed by atoms with van der Waals surface area (Å²) < 4.78 is 5.70. The summed E-state index contributed by atoms with van der Waals surface area (Å²) in [4.78, 5) is 18.3. The van der Waals surface area contributed by atoms with Crippen LogP contribution in [-0.4, -0.2) is 52.7 Å². The summed E-state index contributed by atoms with van der Waals surface area (Å²) in [6, 6.07) is 15.1. The molecule has 138 valence electrons. The second-order valence-electron chi connectivity index (χ2n) is 6.70. The highest BCUT2D eigenvalue weighted by molar-refractivity contribution is 5.77. The van der Waals surface area contributed by atoms with Crippen LogP contribution >= 0.6 is 0 Å². The zero-order chi connectivity index (χ0) is 18.2. The van der Waals surface area contributed by atoms with Gasteiger partial charge in [-0.1, -0.05) is 24.3 Å². The average Bonchev–Trinajstić information content (AvgIpc) is 2.69. The Balaban J connectivity index is 1.38. The molecule has 0 unspecified atom stereocenters. The van der Waals surface area contributed by atoms with Gasteiger partial charge in [0.15, 0.2) is 0 Å². The molecule has 2 N–H and O–H groups in total. The van der Waals surface area contributed by atoms with Gasteiger partial charge in [-0.2, -0.15) is 0 Å². The number of carbonyl (C=O) groups is 1. The standard InChI is InChI=1S/C20H25N3O3/c24-19(22-14-17-6-4-5-11-21-17)15-23-12-9-20(25,10-13-23)16-26-18-7-2-1-3-8-18/h1-8,11,25H,9-10,12-16H2,(H,22,24). The summed E-state index contributed by atoms with van der Waals surface area (Å²) >= 11 is 0. The van der Waals surface area contributed by atoms with E-state index in [1.165, 1.54) is 0 Å². The van der Waals surface area contributed by atoms with Crippen molar-refractivity contribution in [2.75, 3.05) is 26.2 Å². The maximum atomic E-state index is 12.1. The molecule has 0 spiro atoms. The van der Waals surface area contributed by atoms with Crippen LogP contribution in [0.15, 0.2) is 54.7 Å². The maximum Gasteiger partial charge on any atom is 0.234 e. The first kappa shape index (κ1) is 18.4. The quantitative estimate of drug-likeness (QED) is 0.789. The molecule has 1 aromatic heterocycles. The van der Waals surface area contributed by atoms with Gasteiger partial charge in [0.1, 0.15) is 18.0 Å². The maximum absolute atomic E-state index is 12.1. The summed E-state index contributed by atoms with van der Waals surface area (Å²) in [5.41, 5.74) is 0.00322. The SMILES string of the molecule is O=C(CN1CCC(O)(COc2ccccc2)CC1)NCc1ccccn1. The molecule has 0 bridgehead atoms. The molecule has 0 saturated carbocycles. The molecule has 3 rings (SSSR count). The number of rotatable bonds is 7. The van der Waals surface area contributed by atoms with Crippen LogP contribution in [0.25, 0.3) is 0 Å². The van der Waals surface area contributed by atoms with Crippen LogP contribution in [-0.2, 0) is 11.3 Å². The molecule has 1 aliphatic rings. The van der Waals surface area contributed by atoms with Crippen molar-refractivity contribution in [2.45, 2.75) is 25.0 Å². The minimum atomic E-state index is -0.837. The Bertz CT molecular complexity index is 686. The van der Waals surface area contributed by atoms with Crippen LogP contribution in [0.5, 0.6) is 5.75 Å². The lowest BCUT2D eigenvalue weighted by atomic mass is 9.92. The van der Waals surface area contributed by atoms with Crippen LogP contribution in [0.4, 0.5) is 0 Å². The number of benzene rings is 1. The van der Waals surface area contributed by atoms with Crippen molar-refractivity contribution in [3.05, 3.63) is 60.4 Å². The number of nitrogens with zero attached hydrogens (tertiary/aromatic N) is 2. The number of aliphatic hydroxyl groups is 1. The van der Waals surface area contributed by atoms with Crippen molar-refractivity contribution in [2.24, 2.45) is 0 Å². The molecule has 6 nitrogen and oxygen atoms in total. The summed E-state index contributed by atoms with van der Waals surface area (Å²) in [6.45, 7) is 2.39. The van der Waals surface area contributed by atoms with E-state index in [-0.39, 0.29) is 12.5 Å². The summed E-state index contributed by atoms with van der Waals surface area (Å²) in [5.74, 6) is 0.735. The van der Waals surface area contributed by atoms with E-state index in [2.05, 4.69) is 15.2 Å². The summed E-state index contributed by atoms with van der Waals surface area (Å²) in [5, 5.41) is 13.6. The highest BCUT2D eigenvalue weighted by Gasteiger charge is 2.33. The Kier molecular flexibility index (Phi) is 6.20. The van der Waals surface area contributed by atoms with Gasteiger partial charge in [0.2, 0.25) is 5.91 Å². The molecule has 6 heteroatoms. The normalized spacial score (nSPS) is 16.8. The van der Waals surface area contributed by atoms with E-state index in [4.69, 9.17) is 4.74 Å². The number of piperidine rings is 1. The van der Waals surface area contributed by atoms with E-state index in [1.54, 1.807) is 6.20 Å². The van der Waals surface area contributed by atoms with Gasteiger partial charge in [0, 0.05) is 19.3 Å². The minimum Gasteiger partial charge on any atom is -0.491 e. The monoisotopic (exact) mass is 355 g/mol. The van der Waals surface area contributed by atoms with Gasteiger partial charge in [0.05, 0.1) is 18.8 Å². The molecule has 2 aromatic rings. The molecule has 1 aromatic carbocycles. The molecule has 26 heavy (non-hydrogen) atoms. The third kappa shape index (κ3) is 5.54. The molecule has 1 fully saturated rings. The van der Waals surface area contributed by atoms with E-state index in [0.717, 1.165) is 11.4 Å². The minimum absolute atomic E-state index is 0.0263. The van der Waals surface area contributed by atoms with Gasteiger partial charge in [-0.15, -0.1) is 0 Å². The molecule has 0 radical (unpaired) electrons. The van der Waals surface area contributed by atoms with Crippen molar-refractivity contribution in [1.82, 2.24) is 15.2 Å². The van der Waals surface area contributed by atoms with Crippen LogP contribution < -0.4 is 10.1 Å². The molecule has 0 aliphatic carbocycles. The van der Waals surface area contributed by atoms with Gasteiger partial charge in [-0.05, 0) is 37.1 Å². The second-order valence-corrected chi connectivity index (χ2v) is 6.70. The zero-order valence-electron chi connectivity index (χ0n) is 14.8. The third-order valence-corrected chi connectivity index (χ3v) is 4.60. The van der Waals surface area contributed by atoms with Gasteiger partial charge in [-0.25, -0.2) is 0 Å². The van der Waals surface area contributed by atoms with Crippen LogP contribution in [0.2, 0.25) is 0 Å². The Morgan fingerprint density at radius 2 is 1.88 bits per heavy atom. The number of pyridine rings is 1. The highest BCUT2D eigenvalue weighted by atomic mass is 16.5. The number of likely N-dealkylation sites (tertiary alicyclic amines) is 1. The Hall–Kier alpha value is -2.44. The molecule has 2 heterocycles. The summed E-state index contributed by atoms with van der Waals surface area (Å²) in [6.07, 6.45) is 2.89. The molecular formula is C20H25N3O3. The number of aromatic nitrogens is 1. The molecule has 1 amide bonds. The van der Waals surface area contributed by atoms with E-state index >= 15 is 0 Å². The smallest absolute Gasteiger partial charge is 0.234 e. The molecule has 1 saturated heterocycles. The molecular weight excluding hydrogens is 330 g/mol. The molecule has 0 atom stereocenters. The zero-order valence-corrected chi connectivity index (χ0v) is 14.8. The third-order valence-electron chi connectivity index (χ3n) is 4.60. The van der Waals surface area contributed by atoms with Crippen molar-refractivity contribution >= 4 is 5.91 Å². The first-order valence-electron chi connectivity index (χ1n) is 8.92. The number of ether oxygens (including phenoxy) is 1. The number of hydrogen-bond acceptors (Lipinski definition) is 5. The second kappa shape index (κ2) is 8.78. The number of amides is 1. The van der Waals surface area contributed by atoms with E-state index in [9.17, 15) is 9.90 Å². The van der Waals surface area contributed by atoms with E-state index in [0.29, 0.717) is 39.0 Å². The van der Waals surface area contributed by atoms with Gasteiger partial charge in [0.25, 0.3) is 0 Å². The van der Waals surface area contributed by atoms with E-state index < -0.39 is 5.60 Å². The topological polar surface area (TPSA) is 74.7 Å². The average molecular weight is 355 g/mol. The first-order valence-corrected chi connectivity index (χ1v) is 8.92. The van der Waals surface area contributed by atoms with Gasteiger partial charge in [-0.3, -0.25) is 14.7 Å². The van der Waals surface area contributed by atoms with Crippen molar-refractivity contribution in [3.63, 3.8) is 0 Å². The van der Waals surface area contributed by atoms with Crippen LogP contribution in [0.3, 0.4) is 0 Å². The number of para-hydroxylation sites is 1. The van der Waals surface area contributed by atoms with Gasteiger partial charge >= 0.3 is 0 Å². The lowest BCUT2D eigenvalue weighted by molar-refractivity contribution is -0.124. The summed E-state index contributed by atoms with van der Waals surface area (Å²) in [7, 11) is 0. The van der Waals surface area contributed by atoms with E-state index in [1.807, 2.05) is 48.5 Å². The van der Waals surface area contributed by atoms with Crippen molar-refractivity contribution < 1.29 is 14.6 Å². The van der Waals surface area contributed by atoms with Crippen molar-refractivity contribution in [3.8, 4) is 5.75 Å². The largest absolute Gasteiger partial charge is 0.491 e. The van der Waals surface area contributed by atoms with Crippen molar-refractivity contribution in [1.29, 1.82) is 0 Å². The first-order chi connectivity index (χ1) is 12.6. The lowest BCUT2D eigenvalue weighted by Gasteiger charge is -2.37.